The smallest absolute Gasteiger partial charge is 0.253 e. The molecular formula is C26H26F2N4O2. The van der Waals surface area contributed by atoms with Crippen molar-refractivity contribution in [3.05, 3.63) is 95.3 Å². The lowest BCUT2D eigenvalue weighted by atomic mass is 10.1. The molecule has 6 nitrogen and oxygen atoms in total. The summed E-state index contributed by atoms with van der Waals surface area (Å²) in [5, 5.41) is 2.96. The zero-order valence-corrected chi connectivity index (χ0v) is 18.7. The third kappa shape index (κ3) is 5.75. The highest BCUT2D eigenvalue weighted by Gasteiger charge is 2.22. The Labute approximate surface area is 197 Å². The number of halogens is 2. The maximum atomic E-state index is 13.5. The third-order valence-corrected chi connectivity index (χ3v) is 5.88. The number of rotatable bonds is 6. The fourth-order valence-electron chi connectivity index (χ4n) is 4.06. The molecule has 1 fully saturated rings. The first-order valence-electron chi connectivity index (χ1n) is 11.2. The number of nitrogens with one attached hydrogen (secondary N) is 1. The van der Waals surface area contributed by atoms with Gasteiger partial charge in [0.05, 0.1) is 12.0 Å². The standard InChI is InChI=1S/C26H26F2N4O2/c27-22-7-6-20(16-23(22)28)17-25(33)32-13-3-12-31(14-15-32)24-5-2-1-4-21(24)26(34)30-18-19-8-10-29-11-9-19/h1-2,4-11,16H,3,12-15,17-18H2,(H,30,34). The van der Waals surface area contributed by atoms with E-state index in [1.807, 2.05) is 30.3 Å². The molecule has 34 heavy (non-hydrogen) atoms. The largest absolute Gasteiger partial charge is 0.369 e. The van der Waals surface area contributed by atoms with Gasteiger partial charge in [-0.25, -0.2) is 8.78 Å². The van der Waals surface area contributed by atoms with Crippen molar-refractivity contribution in [1.29, 1.82) is 0 Å². The molecule has 1 aliphatic rings. The van der Waals surface area contributed by atoms with Gasteiger partial charge in [0.25, 0.3) is 5.91 Å². The molecule has 0 saturated carbocycles. The molecule has 4 rings (SSSR count). The van der Waals surface area contributed by atoms with Crippen molar-refractivity contribution in [2.45, 2.75) is 19.4 Å². The van der Waals surface area contributed by atoms with Crippen LogP contribution in [0.25, 0.3) is 0 Å². The molecule has 1 aliphatic heterocycles. The van der Waals surface area contributed by atoms with Gasteiger partial charge in [-0.15, -0.1) is 0 Å². The number of pyridine rings is 1. The number of para-hydroxylation sites is 1. The Morgan fingerprint density at radius 1 is 0.882 bits per heavy atom. The fourth-order valence-corrected chi connectivity index (χ4v) is 4.06. The van der Waals surface area contributed by atoms with Crippen LogP contribution in [0, 0.1) is 11.6 Å². The second-order valence-corrected chi connectivity index (χ2v) is 8.20. The monoisotopic (exact) mass is 464 g/mol. The van der Waals surface area contributed by atoms with Gasteiger partial charge < -0.3 is 15.1 Å². The Bertz CT molecular complexity index is 1160. The predicted molar refractivity (Wildman–Crippen MR) is 125 cm³/mol. The van der Waals surface area contributed by atoms with E-state index in [9.17, 15) is 18.4 Å². The van der Waals surface area contributed by atoms with E-state index in [0.29, 0.717) is 43.9 Å². The average molecular weight is 465 g/mol. The summed E-state index contributed by atoms with van der Waals surface area (Å²) in [5.41, 5.74) is 2.81. The minimum Gasteiger partial charge on any atom is -0.369 e. The predicted octanol–water partition coefficient (Wildman–Crippen LogP) is 3.57. The molecule has 0 radical (unpaired) electrons. The van der Waals surface area contributed by atoms with Crippen LogP contribution in [0.3, 0.4) is 0 Å². The normalized spacial score (nSPS) is 13.9. The number of aromatic nitrogens is 1. The summed E-state index contributed by atoms with van der Waals surface area (Å²) in [7, 11) is 0. The number of carbonyl (C=O) groups is 2. The molecule has 176 valence electrons. The molecular weight excluding hydrogens is 438 g/mol. The van der Waals surface area contributed by atoms with Gasteiger partial charge in [-0.2, -0.15) is 0 Å². The topological polar surface area (TPSA) is 65.5 Å². The molecule has 0 atom stereocenters. The Morgan fingerprint density at radius 3 is 2.47 bits per heavy atom. The summed E-state index contributed by atoms with van der Waals surface area (Å²) in [4.78, 5) is 33.5. The molecule has 0 unspecified atom stereocenters. The van der Waals surface area contributed by atoms with E-state index in [0.717, 1.165) is 29.8 Å². The lowest BCUT2D eigenvalue weighted by Crippen LogP contribution is -2.36. The number of benzene rings is 2. The van der Waals surface area contributed by atoms with E-state index < -0.39 is 11.6 Å². The van der Waals surface area contributed by atoms with E-state index in [2.05, 4.69) is 15.2 Å². The first kappa shape index (κ1) is 23.4. The average Bonchev–Trinajstić information content (AvgIpc) is 3.12. The van der Waals surface area contributed by atoms with Crippen molar-refractivity contribution in [1.82, 2.24) is 15.2 Å². The van der Waals surface area contributed by atoms with Gasteiger partial charge in [0.2, 0.25) is 5.91 Å². The van der Waals surface area contributed by atoms with Gasteiger partial charge >= 0.3 is 0 Å². The Hall–Kier alpha value is -3.81. The van der Waals surface area contributed by atoms with Crippen LogP contribution in [0.1, 0.15) is 27.9 Å². The number of amides is 2. The van der Waals surface area contributed by atoms with Crippen molar-refractivity contribution in [2.75, 3.05) is 31.1 Å². The second kappa shape index (κ2) is 10.9. The Morgan fingerprint density at radius 2 is 1.68 bits per heavy atom. The van der Waals surface area contributed by atoms with E-state index in [4.69, 9.17) is 0 Å². The molecule has 2 amide bonds. The van der Waals surface area contributed by atoms with Gasteiger partial charge in [-0.05, 0) is 53.9 Å². The lowest BCUT2D eigenvalue weighted by molar-refractivity contribution is -0.130. The van der Waals surface area contributed by atoms with E-state index in [-0.39, 0.29) is 18.2 Å². The van der Waals surface area contributed by atoms with Crippen molar-refractivity contribution in [3.63, 3.8) is 0 Å². The number of anilines is 1. The fraction of sp³-hybridized carbons (Fsp3) is 0.269. The van der Waals surface area contributed by atoms with Crippen molar-refractivity contribution in [3.8, 4) is 0 Å². The van der Waals surface area contributed by atoms with Crippen LogP contribution in [0.5, 0.6) is 0 Å². The van der Waals surface area contributed by atoms with Crippen LogP contribution in [0.15, 0.2) is 67.0 Å². The number of nitrogens with zero attached hydrogens (tertiary/aromatic N) is 3. The minimum atomic E-state index is -0.953. The summed E-state index contributed by atoms with van der Waals surface area (Å²) < 4.78 is 26.7. The molecule has 1 N–H and O–H groups in total. The highest BCUT2D eigenvalue weighted by molar-refractivity contribution is 5.99. The molecule has 1 saturated heterocycles. The zero-order valence-electron chi connectivity index (χ0n) is 18.7. The lowest BCUT2D eigenvalue weighted by Gasteiger charge is -2.25. The first-order valence-corrected chi connectivity index (χ1v) is 11.2. The van der Waals surface area contributed by atoms with Gasteiger partial charge in [0, 0.05) is 50.8 Å². The highest BCUT2D eigenvalue weighted by atomic mass is 19.2. The third-order valence-electron chi connectivity index (χ3n) is 5.88. The second-order valence-electron chi connectivity index (χ2n) is 8.20. The van der Waals surface area contributed by atoms with E-state index >= 15 is 0 Å². The molecule has 1 aromatic heterocycles. The van der Waals surface area contributed by atoms with Crippen molar-refractivity contribution in [2.24, 2.45) is 0 Å². The SMILES string of the molecule is O=C(NCc1ccncc1)c1ccccc1N1CCCN(C(=O)Cc2ccc(F)c(F)c2)CC1. The summed E-state index contributed by atoms with van der Waals surface area (Å²) in [5.74, 6) is -2.17. The number of hydrogen-bond acceptors (Lipinski definition) is 4. The van der Waals surface area contributed by atoms with Crippen LogP contribution >= 0.6 is 0 Å². The number of hydrogen-bond donors (Lipinski definition) is 1. The maximum absolute atomic E-state index is 13.5. The molecule has 8 heteroatoms. The highest BCUT2D eigenvalue weighted by Crippen LogP contribution is 2.22. The molecule has 2 heterocycles. The quantitative estimate of drug-likeness (QED) is 0.606. The van der Waals surface area contributed by atoms with E-state index in [1.165, 1.54) is 6.07 Å². The molecule has 0 bridgehead atoms. The summed E-state index contributed by atoms with van der Waals surface area (Å²) in [6.07, 6.45) is 4.13. The van der Waals surface area contributed by atoms with Gasteiger partial charge in [-0.3, -0.25) is 14.6 Å². The van der Waals surface area contributed by atoms with Gasteiger partial charge in [0.15, 0.2) is 11.6 Å². The minimum absolute atomic E-state index is 0.0190. The summed E-state index contributed by atoms with van der Waals surface area (Å²) in [6, 6.07) is 14.7. The van der Waals surface area contributed by atoms with Gasteiger partial charge in [0.1, 0.15) is 0 Å². The summed E-state index contributed by atoms with van der Waals surface area (Å²) >= 11 is 0. The van der Waals surface area contributed by atoms with E-state index in [1.54, 1.807) is 23.4 Å². The van der Waals surface area contributed by atoms with Crippen LogP contribution in [0.4, 0.5) is 14.5 Å². The zero-order chi connectivity index (χ0) is 23.9. The molecule has 0 spiro atoms. The van der Waals surface area contributed by atoms with Crippen molar-refractivity contribution >= 4 is 17.5 Å². The molecule has 0 aliphatic carbocycles. The van der Waals surface area contributed by atoms with Crippen molar-refractivity contribution < 1.29 is 18.4 Å². The molecule has 2 aromatic carbocycles. The van der Waals surface area contributed by atoms with Crippen LogP contribution < -0.4 is 10.2 Å². The molecule has 3 aromatic rings. The van der Waals surface area contributed by atoms with Crippen LogP contribution in [-0.2, 0) is 17.8 Å². The van der Waals surface area contributed by atoms with Crippen LogP contribution in [-0.4, -0.2) is 47.9 Å². The van der Waals surface area contributed by atoms with Gasteiger partial charge in [-0.1, -0.05) is 18.2 Å². The number of carbonyl (C=O) groups excluding carboxylic acids is 2. The maximum Gasteiger partial charge on any atom is 0.253 e. The summed E-state index contributed by atoms with van der Waals surface area (Å²) in [6.45, 7) is 2.72. The van der Waals surface area contributed by atoms with Crippen LogP contribution in [0.2, 0.25) is 0 Å². The Kier molecular flexibility index (Phi) is 7.47. The Balaban J connectivity index is 1.39. The first-order chi connectivity index (χ1) is 16.5.